The minimum absolute atomic E-state index is 0.907. The topological polar surface area (TPSA) is 67.8 Å². The Bertz CT molecular complexity index is 249. The third-order valence-electron chi connectivity index (χ3n) is 0.729. The van der Waals surface area contributed by atoms with Gasteiger partial charge in [-0.1, -0.05) is 0 Å². The van der Waals surface area contributed by atoms with E-state index in [0.717, 1.165) is 12.1 Å². The van der Waals surface area contributed by atoms with Crippen LogP contribution >= 0.6 is 0 Å². The van der Waals surface area contributed by atoms with Crippen molar-refractivity contribution in [3.63, 3.8) is 0 Å². The van der Waals surface area contributed by atoms with Crippen LogP contribution in [0.15, 0.2) is 11.3 Å². The molecule has 58 valence electrons. The predicted molar refractivity (Wildman–Crippen MR) is 26.9 cm³/mol. The zero-order valence-corrected chi connectivity index (χ0v) is 4.98. The van der Waals surface area contributed by atoms with Gasteiger partial charge >= 0.3 is 6.18 Å². The van der Waals surface area contributed by atoms with E-state index in [9.17, 15) is 13.2 Å². The van der Waals surface area contributed by atoms with Crippen LogP contribution in [0.25, 0.3) is 0 Å². The van der Waals surface area contributed by atoms with E-state index < -0.39 is 17.5 Å². The lowest BCUT2D eigenvalue weighted by atomic mass is 10.3. The van der Waals surface area contributed by atoms with Crippen molar-refractivity contribution < 1.29 is 18.3 Å². The van der Waals surface area contributed by atoms with E-state index in [-0.39, 0.29) is 0 Å². The van der Waals surface area contributed by atoms with Gasteiger partial charge in [-0.05, 0) is 0 Å². The summed E-state index contributed by atoms with van der Waals surface area (Å²) in [6.45, 7) is 0. The molecule has 0 aromatic carbocycles. The molecule has 0 aromatic heterocycles. The Morgan fingerprint density at radius 2 is 1.55 bits per heavy atom. The van der Waals surface area contributed by atoms with Gasteiger partial charge in [-0.2, -0.15) is 23.7 Å². The lowest BCUT2D eigenvalue weighted by molar-refractivity contribution is -0.121. The summed E-state index contributed by atoms with van der Waals surface area (Å²) in [5.74, 6) is -2.15. The second kappa shape index (κ2) is 2.93. The molecule has 0 saturated carbocycles. The minimum atomic E-state index is -5.03. The number of aliphatic hydroxyl groups is 1. The third-order valence-corrected chi connectivity index (χ3v) is 0.729. The number of halogens is 3. The van der Waals surface area contributed by atoms with E-state index in [4.69, 9.17) is 15.6 Å². The number of rotatable bonds is 0. The molecule has 0 saturated heterocycles. The van der Waals surface area contributed by atoms with E-state index in [1.54, 1.807) is 0 Å². The quantitative estimate of drug-likeness (QED) is 0.432. The monoisotopic (exact) mass is 162 g/mol. The molecule has 0 fully saturated rings. The van der Waals surface area contributed by atoms with Gasteiger partial charge in [0.05, 0.1) is 0 Å². The van der Waals surface area contributed by atoms with Crippen LogP contribution in [-0.4, -0.2) is 11.3 Å². The van der Waals surface area contributed by atoms with Crippen LogP contribution in [0.4, 0.5) is 13.2 Å². The molecule has 0 rings (SSSR count). The highest BCUT2D eigenvalue weighted by molar-refractivity contribution is 5.38. The molecule has 6 heteroatoms. The molecule has 0 aliphatic heterocycles. The molecule has 3 nitrogen and oxygen atoms in total. The predicted octanol–water partition coefficient (Wildman–Crippen LogP) is 1.41. The maximum atomic E-state index is 11.5. The minimum Gasteiger partial charge on any atom is -0.503 e. The summed E-state index contributed by atoms with van der Waals surface area (Å²) in [5, 5.41) is 23.9. The Morgan fingerprint density at radius 3 is 1.64 bits per heavy atom. The van der Waals surface area contributed by atoms with Gasteiger partial charge < -0.3 is 5.11 Å². The van der Waals surface area contributed by atoms with Crippen molar-refractivity contribution in [2.75, 3.05) is 0 Å². The average Bonchev–Trinajstić information content (AvgIpc) is 1.88. The standard InChI is InChI=1S/C5HF3N2O/c6-5(7,8)4(11)3(1-9)2-10/h11H. The van der Waals surface area contributed by atoms with Crippen molar-refractivity contribution in [1.29, 1.82) is 10.5 Å². The van der Waals surface area contributed by atoms with Gasteiger partial charge in [-0.15, -0.1) is 0 Å². The first-order chi connectivity index (χ1) is 4.93. The lowest BCUT2D eigenvalue weighted by Crippen LogP contribution is -2.13. The van der Waals surface area contributed by atoms with Gasteiger partial charge in [0.2, 0.25) is 5.76 Å². The number of hydrogen-bond donors (Lipinski definition) is 1. The first-order valence-electron chi connectivity index (χ1n) is 2.24. The second-order valence-corrected chi connectivity index (χ2v) is 1.44. The van der Waals surface area contributed by atoms with Gasteiger partial charge in [0.15, 0.2) is 5.57 Å². The molecule has 0 aromatic rings. The van der Waals surface area contributed by atoms with Gasteiger partial charge in [-0.25, -0.2) is 0 Å². The maximum Gasteiger partial charge on any atom is 0.450 e. The molecule has 0 unspecified atom stereocenters. The van der Waals surface area contributed by atoms with Gasteiger partial charge in [-0.3, -0.25) is 0 Å². The summed E-state index contributed by atoms with van der Waals surface area (Å²) in [6.07, 6.45) is -5.03. The Hall–Kier alpha value is -1.69. The van der Waals surface area contributed by atoms with Crippen LogP contribution in [0.5, 0.6) is 0 Å². The Kier molecular flexibility index (Phi) is 2.48. The first-order valence-corrected chi connectivity index (χ1v) is 2.24. The number of nitrogens with zero attached hydrogens (tertiary/aromatic N) is 2. The molecule has 0 radical (unpaired) electrons. The van der Waals surface area contributed by atoms with Crippen molar-refractivity contribution in [1.82, 2.24) is 0 Å². The summed E-state index contributed by atoms with van der Waals surface area (Å²) in [4.78, 5) is 0. The Morgan fingerprint density at radius 1 is 1.18 bits per heavy atom. The van der Waals surface area contributed by atoms with E-state index in [0.29, 0.717) is 0 Å². The molecule has 0 bridgehead atoms. The summed E-state index contributed by atoms with van der Waals surface area (Å²) >= 11 is 0. The normalized spacial score (nSPS) is 9.55. The molecule has 0 atom stereocenters. The second-order valence-electron chi connectivity index (χ2n) is 1.44. The molecular weight excluding hydrogens is 161 g/mol. The number of nitriles is 2. The Balaban J connectivity index is 5.01. The SMILES string of the molecule is N#CC(C#N)=C(O)C(F)(F)F. The molecule has 0 amide bonds. The summed E-state index contributed by atoms with van der Waals surface area (Å²) in [7, 11) is 0. The van der Waals surface area contributed by atoms with Gasteiger partial charge in [0.1, 0.15) is 12.1 Å². The summed E-state index contributed by atoms with van der Waals surface area (Å²) < 4.78 is 34.4. The molecular formula is C5HF3N2O. The van der Waals surface area contributed by atoms with Crippen molar-refractivity contribution >= 4 is 0 Å². The van der Waals surface area contributed by atoms with Crippen LogP contribution in [0.3, 0.4) is 0 Å². The van der Waals surface area contributed by atoms with Crippen LogP contribution < -0.4 is 0 Å². The van der Waals surface area contributed by atoms with Crippen molar-refractivity contribution in [2.24, 2.45) is 0 Å². The maximum absolute atomic E-state index is 11.5. The van der Waals surface area contributed by atoms with E-state index >= 15 is 0 Å². The van der Waals surface area contributed by atoms with Gasteiger partial charge in [0, 0.05) is 0 Å². The van der Waals surface area contributed by atoms with Crippen LogP contribution in [0.1, 0.15) is 0 Å². The largest absolute Gasteiger partial charge is 0.503 e. The lowest BCUT2D eigenvalue weighted by Gasteiger charge is -2.02. The molecule has 0 aliphatic carbocycles. The summed E-state index contributed by atoms with van der Waals surface area (Å²) in [5.41, 5.74) is -1.34. The van der Waals surface area contributed by atoms with E-state index in [2.05, 4.69) is 0 Å². The molecule has 0 heterocycles. The Labute approximate surface area is 59.6 Å². The van der Waals surface area contributed by atoms with Crippen LogP contribution in [-0.2, 0) is 0 Å². The van der Waals surface area contributed by atoms with Crippen molar-refractivity contribution in [2.45, 2.75) is 6.18 Å². The summed E-state index contributed by atoms with van der Waals surface area (Å²) in [6, 6.07) is 1.81. The molecule has 0 aliphatic rings. The van der Waals surface area contributed by atoms with Crippen molar-refractivity contribution in [3.8, 4) is 12.1 Å². The highest BCUT2D eigenvalue weighted by Gasteiger charge is 2.37. The smallest absolute Gasteiger partial charge is 0.450 e. The number of aliphatic hydroxyl groups excluding tert-OH is 1. The fourth-order valence-corrected chi connectivity index (χ4v) is 0.273. The fourth-order valence-electron chi connectivity index (χ4n) is 0.273. The number of alkyl halides is 3. The average molecular weight is 162 g/mol. The molecule has 0 spiro atoms. The highest BCUT2D eigenvalue weighted by atomic mass is 19.4. The zero-order valence-electron chi connectivity index (χ0n) is 4.98. The first kappa shape index (κ1) is 9.31. The van der Waals surface area contributed by atoms with E-state index in [1.165, 1.54) is 0 Å². The number of hydrogen-bond acceptors (Lipinski definition) is 3. The van der Waals surface area contributed by atoms with Crippen LogP contribution in [0.2, 0.25) is 0 Å². The molecule has 11 heavy (non-hydrogen) atoms. The zero-order chi connectivity index (χ0) is 9.07. The van der Waals surface area contributed by atoms with Crippen LogP contribution in [0, 0.1) is 22.7 Å². The van der Waals surface area contributed by atoms with E-state index in [1.807, 2.05) is 0 Å². The van der Waals surface area contributed by atoms with Gasteiger partial charge in [0.25, 0.3) is 0 Å². The highest BCUT2D eigenvalue weighted by Crippen LogP contribution is 2.25. The molecule has 1 N–H and O–H groups in total. The van der Waals surface area contributed by atoms with Crippen molar-refractivity contribution in [3.05, 3.63) is 11.3 Å². The third kappa shape index (κ3) is 2.18. The number of allylic oxidation sites excluding steroid dienone is 2. The fraction of sp³-hybridized carbons (Fsp3) is 0.200.